The summed E-state index contributed by atoms with van der Waals surface area (Å²) in [6, 6.07) is 0. The van der Waals surface area contributed by atoms with Gasteiger partial charge < -0.3 is 9.47 Å². The van der Waals surface area contributed by atoms with Gasteiger partial charge in [0.15, 0.2) is 5.41 Å². The molecule has 1 saturated carbocycles. The number of carbonyl (C=O) groups is 2. The molecule has 0 heterocycles. The molecule has 0 bridgehead atoms. The van der Waals surface area contributed by atoms with Gasteiger partial charge in [-0.3, -0.25) is 9.59 Å². The van der Waals surface area contributed by atoms with Gasteiger partial charge in [-0.25, -0.2) is 0 Å². The fraction of sp³-hybridized carbons (Fsp3) is 0.692. The van der Waals surface area contributed by atoms with Crippen molar-refractivity contribution in [1.82, 2.24) is 0 Å². The largest absolute Gasteiger partial charge is 0.468 e. The van der Waals surface area contributed by atoms with Gasteiger partial charge in [-0.05, 0) is 18.8 Å². The number of hydrogen-bond acceptors (Lipinski definition) is 4. The highest BCUT2D eigenvalue weighted by atomic mass is 16.5. The fourth-order valence-electron chi connectivity index (χ4n) is 2.65. The number of terminal acetylenes is 1. The van der Waals surface area contributed by atoms with Crippen molar-refractivity contribution in [1.29, 1.82) is 0 Å². The molecule has 17 heavy (non-hydrogen) atoms. The monoisotopic (exact) mass is 238 g/mol. The van der Waals surface area contributed by atoms with E-state index in [9.17, 15) is 9.59 Å². The van der Waals surface area contributed by atoms with Crippen molar-refractivity contribution in [2.75, 3.05) is 14.2 Å². The average molecular weight is 238 g/mol. The Morgan fingerprint density at radius 3 is 2.06 bits per heavy atom. The van der Waals surface area contributed by atoms with Gasteiger partial charge in [0.2, 0.25) is 0 Å². The molecule has 1 aliphatic rings. The molecule has 4 heteroatoms. The fourth-order valence-corrected chi connectivity index (χ4v) is 2.65. The normalized spacial score (nSPS) is 16.3. The Balaban J connectivity index is 3.14. The van der Waals surface area contributed by atoms with E-state index in [0.717, 1.165) is 25.7 Å². The van der Waals surface area contributed by atoms with E-state index in [2.05, 4.69) is 5.92 Å². The molecule has 0 unspecified atom stereocenters. The molecule has 0 aliphatic heterocycles. The van der Waals surface area contributed by atoms with Crippen molar-refractivity contribution in [2.45, 2.75) is 32.1 Å². The van der Waals surface area contributed by atoms with Crippen LogP contribution in [0.4, 0.5) is 0 Å². The maximum atomic E-state index is 12.0. The van der Waals surface area contributed by atoms with Crippen LogP contribution in [0.25, 0.3) is 0 Å². The average Bonchev–Trinajstić information content (AvgIpc) is 2.88. The van der Waals surface area contributed by atoms with E-state index in [1.165, 1.54) is 14.2 Å². The summed E-state index contributed by atoms with van der Waals surface area (Å²) in [7, 11) is 2.54. The first-order valence-electron chi connectivity index (χ1n) is 5.73. The number of hydrogen-bond donors (Lipinski definition) is 0. The van der Waals surface area contributed by atoms with Crippen molar-refractivity contribution in [3.63, 3.8) is 0 Å². The van der Waals surface area contributed by atoms with Crippen molar-refractivity contribution in [2.24, 2.45) is 11.3 Å². The van der Waals surface area contributed by atoms with Crippen LogP contribution in [0.15, 0.2) is 0 Å². The molecule has 0 spiro atoms. The molecule has 0 atom stereocenters. The van der Waals surface area contributed by atoms with Crippen LogP contribution in [-0.4, -0.2) is 26.2 Å². The second kappa shape index (κ2) is 5.72. The molecular formula is C13H18O4. The van der Waals surface area contributed by atoms with E-state index in [4.69, 9.17) is 15.9 Å². The highest BCUT2D eigenvalue weighted by molar-refractivity contribution is 6.00. The minimum atomic E-state index is -1.31. The first kappa shape index (κ1) is 13.6. The smallest absolute Gasteiger partial charge is 0.324 e. The minimum absolute atomic E-state index is 0.0387. The zero-order chi connectivity index (χ0) is 12.9. The number of esters is 2. The van der Waals surface area contributed by atoms with Crippen molar-refractivity contribution in [3.05, 3.63) is 0 Å². The van der Waals surface area contributed by atoms with E-state index in [1.54, 1.807) is 0 Å². The molecule has 1 fully saturated rings. The molecule has 1 rings (SSSR count). The summed E-state index contributed by atoms with van der Waals surface area (Å²) in [4.78, 5) is 24.0. The maximum absolute atomic E-state index is 12.0. The first-order chi connectivity index (χ1) is 8.13. The van der Waals surface area contributed by atoms with Gasteiger partial charge >= 0.3 is 11.9 Å². The van der Waals surface area contributed by atoms with Gasteiger partial charge in [-0.1, -0.05) is 12.8 Å². The lowest BCUT2D eigenvalue weighted by atomic mass is 9.72. The minimum Gasteiger partial charge on any atom is -0.468 e. The molecule has 0 aromatic rings. The predicted octanol–water partition coefficient (Wildman–Crippen LogP) is 1.53. The van der Waals surface area contributed by atoms with E-state index in [1.807, 2.05) is 0 Å². The van der Waals surface area contributed by atoms with Crippen LogP contribution in [0.2, 0.25) is 0 Å². The second-order valence-electron chi connectivity index (χ2n) is 4.32. The van der Waals surface area contributed by atoms with Crippen LogP contribution >= 0.6 is 0 Å². The topological polar surface area (TPSA) is 52.6 Å². The Morgan fingerprint density at radius 1 is 1.24 bits per heavy atom. The van der Waals surface area contributed by atoms with Gasteiger partial charge in [0.1, 0.15) is 0 Å². The van der Waals surface area contributed by atoms with E-state index >= 15 is 0 Å². The van der Waals surface area contributed by atoms with Crippen LogP contribution in [0.5, 0.6) is 0 Å². The zero-order valence-electron chi connectivity index (χ0n) is 10.3. The molecule has 0 aromatic heterocycles. The lowest BCUT2D eigenvalue weighted by molar-refractivity contribution is -0.173. The summed E-state index contributed by atoms with van der Waals surface area (Å²) in [6.07, 6.45) is 8.97. The van der Waals surface area contributed by atoms with Crippen molar-refractivity contribution < 1.29 is 19.1 Å². The number of rotatable bonds is 4. The summed E-state index contributed by atoms with van der Waals surface area (Å²) >= 11 is 0. The lowest BCUT2D eigenvalue weighted by Crippen LogP contribution is -2.46. The van der Waals surface area contributed by atoms with Crippen LogP contribution in [-0.2, 0) is 19.1 Å². The molecule has 94 valence electrons. The van der Waals surface area contributed by atoms with Gasteiger partial charge in [0.25, 0.3) is 0 Å². The van der Waals surface area contributed by atoms with Gasteiger partial charge in [0, 0.05) is 6.42 Å². The zero-order valence-corrected chi connectivity index (χ0v) is 10.3. The third kappa shape index (κ3) is 2.28. The van der Waals surface area contributed by atoms with E-state index in [-0.39, 0.29) is 12.3 Å². The Kier molecular flexibility index (Phi) is 4.56. The molecule has 1 aliphatic carbocycles. The van der Waals surface area contributed by atoms with Crippen molar-refractivity contribution in [3.8, 4) is 12.3 Å². The van der Waals surface area contributed by atoms with Crippen LogP contribution in [0, 0.1) is 23.7 Å². The number of ether oxygens (including phenoxy) is 2. The highest BCUT2D eigenvalue weighted by Crippen LogP contribution is 2.44. The van der Waals surface area contributed by atoms with Gasteiger partial charge in [-0.2, -0.15) is 0 Å². The van der Waals surface area contributed by atoms with Crippen LogP contribution in [0.3, 0.4) is 0 Å². The van der Waals surface area contributed by atoms with Gasteiger partial charge in [0.05, 0.1) is 14.2 Å². The van der Waals surface area contributed by atoms with Crippen LogP contribution < -0.4 is 0 Å². The van der Waals surface area contributed by atoms with E-state index in [0.29, 0.717) is 0 Å². The summed E-state index contributed by atoms with van der Waals surface area (Å²) in [5.74, 6) is 1.19. The summed E-state index contributed by atoms with van der Waals surface area (Å²) in [6.45, 7) is 0. The third-order valence-electron chi connectivity index (χ3n) is 3.53. The third-order valence-corrected chi connectivity index (χ3v) is 3.53. The Morgan fingerprint density at radius 2 is 1.71 bits per heavy atom. The molecule has 0 radical (unpaired) electrons. The van der Waals surface area contributed by atoms with Crippen molar-refractivity contribution >= 4 is 11.9 Å². The summed E-state index contributed by atoms with van der Waals surface area (Å²) < 4.78 is 9.54. The molecule has 0 amide bonds. The molecular weight excluding hydrogens is 220 g/mol. The first-order valence-corrected chi connectivity index (χ1v) is 5.73. The quantitative estimate of drug-likeness (QED) is 0.423. The molecule has 4 nitrogen and oxygen atoms in total. The second-order valence-corrected chi connectivity index (χ2v) is 4.32. The SMILES string of the molecule is C#CCC(C(=O)OC)(C(=O)OC)C1CCCC1. The predicted molar refractivity (Wildman–Crippen MR) is 61.9 cm³/mol. The van der Waals surface area contributed by atoms with E-state index < -0.39 is 17.4 Å². The van der Waals surface area contributed by atoms with Crippen LogP contribution in [0.1, 0.15) is 32.1 Å². The van der Waals surface area contributed by atoms with Gasteiger partial charge in [-0.15, -0.1) is 12.3 Å². The Bertz CT molecular complexity index is 318. The molecule has 0 aromatic carbocycles. The lowest BCUT2D eigenvalue weighted by Gasteiger charge is -2.31. The Labute approximate surface area is 102 Å². The summed E-state index contributed by atoms with van der Waals surface area (Å²) in [5, 5.41) is 0. The molecule has 0 N–H and O–H groups in total. The maximum Gasteiger partial charge on any atom is 0.324 e. The standard InChI is InChI=1S/C13H18O4/c1-4-9-13(11(14)16-2,12(15)17-3)10-7-5-6-8-10/h1,10H,5-9H2,2-3H3. The molecule has 0 saturated heterocycles. The Hall–Kier alpha value is -1.50. The highest BCUT2D eigenvalue weighted by Gasteiger charge is 2.54. The number of carbonyl (C=O) groups excluding carboxylic acids is 2. The summed E-state index contributed by atoms with van der Waals surface area (Å²) in [5.41, 5.74) is -1.31. The number of methoxy groups -OCH3 is 2.